The van der Waals surface area contributed by atoms with Crippen LogP contribution in [0.4, 0.5) is 0 Å². The third-order valence-electron chi connectivity index (χ3n) is 3.82. The number of rotatable bonds is 4. The molecule has 122 valence electrons. The zero-order valence-electron chi connectivity index (χ0n) is 13.7. The van der Waals surface area contributed by atoms with Crippen LogP contribution >= 0.6 is 0 Å². The second-order valence-corrected chi connectivity index (χ2v) is 5.31. The van der Waals surface area contributed by atoms with Crippen molar-refractivity contribution in [1.82, 2.24) is 0 Å². The molecule has 0 saturated carbocycles. The summed E-state index contributed by atoms with van der Waals surface area (Å²) >= 11 is 0. The molecule has 0 aliphatic carbocycles. The Kier molecular flexibility index (Phi) is 4.47. The average Bonchev–Trinajstić information content (AvgIpc) is 3.05. The number of benzene rings is 2. The first-order valence-electron chi connectivity index (χ1n) is 7.95. The molecule has 0 N–H and O–H groups in total. The van der Waals surface area contributed by atoms with E-state index in [1.807, 2.05) is 67.6 Å². The molecule has 2 aromatic carbocycles. The SMILES string of the molecule is C/C=C1\OC(c2ccccc2)(c2ccccc2)N=C1C(=O)OCC. The van der Waals surface area contributed by atoms with E-state index in [2.05, 4.69) is 4.99 Å². The Balaban J connectivity index is 2.19. The van der Waals surface area contributed by atoms with Gasteiger partial charge in [0.25, 0.3) is 5.72 Å². The lowest BCUT2D eigenvalue weighted by Crippen LogP contribution is -2.25. The minimum Gasteiger partial charge on any atom is -0.461 e. The molecule has 0 unspecified atom stereocenters. The number of allylic oxidation sites excluding steroid dienone is 1. The first-order chi connectivity index (χ1) is 11.7. The lowest BCUT2D eigenvalue weighted by atomic mass is 9.95. The third-order valence-corrected chi connectivity index (χ3v) is 3.82. The molecule has 0 radical (unpaired) electrons. The normalized spacial score (nSPS) is 17.2. The van der Waals surface area contributed by atoms with Gasteiger partial charge in [0.05, 0.1) is 6.61 Å². The van der Waals surface area contributed by atoms with Crippen LogP contribution in [-0.4, -0.2) is 18.3 Å². The number of carbonyl (C=O) groups is 1. The first kappa shape index (κ1) is 16.0. The molecule has 1 aliphatic rings. The highest BCUT2D eigenvalue weighted by Crippen LogP contribution is 2.42. The van der Waals surface area contributed by atoms with Crippen molar-refractivity contribution >= 4 is 11.7 Å². The van der Waals surface area contributed by atoms with Crippen molar-refractivity contribution in [1.29, 1.82) is 0 Å². The van der Waals surface area contributed by atoms with Crippen molar-refractivity contribution in [2.45, 2.75) is 19.6 Å². The fourth-order valence-corrected chi connectivity index (χ4v) is 2.73. The highest BCUT2D eigenvalue weighted by atomic mass is 16.6. The Morgan fingerprint density at radius 2 is 1.62 bits per heavy atom. The van der Waals surface area contributed by atoms with Crippen LogP contribution in [0, 0.1) is 0 Å². The van der Waals surface area contributed by atoms with Crippen LogP contribution in [0.1, 0.15) is 25.0 Å². The van der Waals surface area contributed by atoms with Crippen molar-refractivity contribution < 1.29 is 14.3 Å². The van der Waals surface area contributed by atoms with Crippen LogP contribution in [0.5, 0.6) is 0 Å². The van der Waals surface area contributed by atoms with Gasteiger partial charge >= 0.3 is 5.97 Å². The van der Waals surface area contributed by atoms with E-state index < -0.39 is 11.7 Å². The number of aliphatic imine (C=N–C) groups is 1. The summed E-state index contributed by atoms with van der Waals surface area (Å²) in [4.78, 5) is 17.0. The molecular formula is C20H19NO3. The molecule has 4 heteroatoms. The van der Waals surface area contributed by atoms with Crippen LogP contribution in [0.2, 0.25) is 0 Å². The molecule has 2 aromatic rings. The van der Waals surface area contributed by atoms with Crippen LogP contribution in [0.15, 0.2) is 77.5 Å². The molecule has 0 saturated heterocycles. The highest BCUT2D eigenvalue weighted by Gasteiger charge is 2.45. The van der Waals surface area contributed by atoms with E-state index in [0.717, 1.165) is 11.1 Å². The molecule has 24 heavy (non-hydrogen) atoms. The van der Waals surface area contributed by atoms with E-state index in [1.54, 1.807) is 13.0 Å². The molecule has 4 nitrogen and oxygen atoms in total. The van der Waals surface area contributed by atoms with Gasteiger partial charge in [-0.25, -0.2) is 9.79 Å². The van der Waals surface area contributed by atoms with Gasteiger partial charge in [-0.1, -0.05) is 60.7 Å². The number of hydrogen-bond donors (Lipinski definition) is 0. The predicted octanol–water partition coefficient (Wildman–Crippen LogP) is 3.83. The number of esters is 1. The molecular weight excluding hydrogens is 302 g/mol. The third kappa shape index (κ3) is 2.71. The van der Waals surface area contributed by atoms with Gasteiger partial charge in [0, 0.05) is 11.1 Å². The van der Waals surface area contributed by atoms with Gasteiger partial charge in [-0.2, -0.15) is 0 Å². The van der Waals surface area contributed by atoms with Crippen molar-refractivity contribution in [2.24, 2.45) is 4.99 Å². The lowest BCUT2D eigenvalue weighted by Gasteiger charge is -2.27. The zero-order valence-corrected chi connectivity index (χ0v) is 13.7. The monoisotopic (exact) mass is 321 g/mol. The maximum atomic E-state index is 12.3. The lowest BCUT2D eigenvalue weighted by molar-refractivity contribution is -0.135. The van der Waals surface area contributed by atoms with Gasteiger partial charge in [0.1, 0.15) is 0 Å². The smallest absolute Gasteiger partial charge is 0.360 e. The maximum absolute atomic E-state index is 12.3. The van der Waals surface area contributed by atoms with Gasteiger partial charge in [0.2, 0.25) is 0 Å². The fourth-order valence-electron chi connectivity index (χ4n) is 2.73. The van der Waals surface area contributed by atoms with Gasteiger partial charge in [0.15, 0.2) is 11.5 Å². The van der Waals surface area contributed by atoms with Crippen molar-refractivity contribution in [3.05, 3.63) is 83.6 Å². The Morgan fingerprint density at radius 3 is 2.08 bits per heavy atom. The molecule has 3 rings (SSSR count). The standard InChI is InChI=1S/C20H19NO3/c1-3-17-18(19(22)23-4-2)21-20(24-17,15-11-7-5-8-12-15)16-13-9-6-10-14-16/h3,5-14H,4H2,1-2H3/b17-3-. The molecule has 0 spiro atoms. The molecule has 1 heterocycles. The Hall–Kier alpha value is -2.88. The maximum Gasteiger partial charge on any atom is 0.360 e. The molecule has 0 atom stereocenters. The van der Waals surface area contributed by atoms with Crippen molar-refractivity contribution in [3.63, 3.8) is 0 Å². The van der Waals surface area contributed by atoms with Crippen LogP contribution in [0.3, 0.4) is 0 Å². The van der Waals surface area contributed by atoms with E-state index in [9.17, 15) is 4.79 Å². The average molecular weight is 321 g/mol. The summed E-state index contributed by atoms with van der Waals surface area (Å²) in [5, 5.41) is 0. The topological polar surface area (TPSA) is 47.9 Å². The number of carbonyl (C=O) groups excluding carboxylic acids is 1. The predicted molar refractivity (Wildman–Crippen MR) is 92.6 cm³/mol. The summed E-state index contributed by atoms with van der Waals surface area (Å²) in [6.07, 6.45) is 1.74. The summed E-state index contributed by atoms with van der Waals surface area (Å²) in [6.45, 7) is 3.87. The van der Waals surface area contributed by atoms with E-state index in [0.29, 0.717) is 12.4 Å². The highest BCUT2D eigenvalue weighted by molar-refractivity contribution is 6.43. The zero-order chi connectivity index (χ0) is 17.0. The van der Waals surface area contributed by atoms with Gasteiger partial charge < -0.3 is 9.47 Å². The second kappa shape index (κ2) is 6.71. The van der Waals surface area contributed by atoms with Crippen LogP contribution in [0.25, 0.3) is 0 Å². The molecule has 0 fully saturated rings. The minimum absolute atomic E-state index is 0.215. The van der Waals surface area contributed by atoms with E-state index in [4.69, 9.17) is 9.47 Å². The number of ether oxygens (including phenoxy) is 2. The van der Waals surface area contributed by atoms with Crippen LogP contribution in [-0.2, 0) is 20.0 Å². The summed E-state index contributed by atoms with van der Waals surface area (Å²) in [7, 11) is 0. The van der Waals surface area contributed by atoms with Crippen molar-refractivity contribution in [3.8, 4) is 0 Å². The Labute approximate surface area is 141 Å². The van der Waals surface area contributed by atoms with Gasteiger partial charge in [-0.05, 0) is 19.9 Å². The van der Waals surface area contributed by atoms with Crippen LogP contribution < -0.4 is 0 Å². The first-order valence-corrected chi connectivity index (χ1v) is 7.95. The summed E-state index contributed by atoms with van der Waals surface area (Å²) in [5.74, 6) is -0.0412. The van der Waals surface area contributed by atoms with Crippen molar-refractivity contribution in [2.75, 3.05) is 6.61 Å². The molecule has 0 amide bonds. The van der Waals surface area contributed by atoms with Gasteiger partial charge in [-0.15, -0.1) is 0 Å². The van der Waals surface area contributed by atoms with Gasteiger partial charge in [-0.3, -0.25) is 0 Å². The van der Waals surface area contributed by atoms with E-state index in [-0.39, 0.29) is 5.71 Å². The number of hydrogen-bond acceptors (Lipinski definition) is 4. The Bertz CT molecular complexity index is 740. The molecule has 0 bridgehead atoms. The summed E-state index contributed by atoms with van der Waals surface area (Å²) in [6, 6.07) is 19.3. The second-order valence-electron chi connectivity index (χ2n) is 5.31. The van der Waals surface area contributed by atoms with E-state index >= 15 is 0 Å². The quantitative estimate of drug-likeness (QED) is 0.804. The fraction of sp³-hybridized carbons (Fsp3) is 0.200. The largest absolute Gasteiger partial charge is 0.461 e. The summed E-state index contributed by atoms with van der Waals surface area (Å²) in [5.41, 5.74) is 0.851. The minimum atomic E-state index is -1.08. The molecule has 1 aliphatic heterocycles. The summed E-state index contributed by atoms with van der Waals surface area (Å²) < 4.78 is 11.3. The molecule has 0 aromatic heterocycles. The number of nitrogens with zero attached hydrogens (tertiary/aromatic N) is 1. The van der Waals surface area contributed by atoms with E-state index in [1.165, 1.54) is 0 Å². The Morgan fingerprint density at radius 1 is 1.08 bits per heavy atom.